The van der Waals surface area contributed by atoms with Crippen molar-refractivity contribution in [3.05, 3.63) is 83.8 Å². The summed E-state index contributed by atoms with van der Waals surface area (Å²) in [6.07, 6.45) is 8.18. The van der Waals surface area contributed by atoms with Gasteiger partial charge < -0.3 is 15.1 Å². The smallest absolute Gasteiger partial charge is 0.287 e. The summed E-state index contributed by atoms with van der Waals surface area (Å²) >= 11 is 0. The van der Waals surface area contributed by atoms with E-state index in [1.165, 1.54) is 35.7 Å². The second-order valence-corrected chi connectivity index (χ2v) is 8.53. The lowest BCUT2D eigenvalue weighted by Gasteiger charge is -2.32. The molecule has 1 aliphatic carbocycles. The predicted molar refractivity (Wildman–Crippen MR) is 127 cm³/mol. The fraction of sp³-hybridized carbons (Fsp3) is 0.308. The third-order valence-corrected chi connectivity index (χ3v) is 6.08. The van der Waals surface area contributed by atoms with Gasteiger partial charge in [-0.3, -0.25) is 24.3 Å². The van der Waals surface area contributed by atoms with E-state index < -0.39 is 30.2 Å². The monoisotopic (exact) mass is 478 g/mol. The fourth-order valence-corrected chi connectivity index (χ4v) is 4.22. The van der Waals surface area contributed by atoms with E-state index >= 15 is 0 Å². The first-order valence-electron chi connectivity index (χ1n) is 11.5. The van der Waals surface area contributed by atoms with Crippen LogP contribution in [0.3, 0.4) is 0 Å². The van der Waals surface area contributed by atoms with Crippen LogP contribution in [0, 0.1) is 12.7 Å². The Hall–Kier alpha value is -4.01. The van der Waals surface area contributed by atoms with Gasteiger partial charge in [-0.15, -0.1) is 0 Å². The van der Waals surface area contributed by atoms with Crippen LogP contribution in [0.25, 0.3) is 0 Å². The number of pyridine rings is 1. The first-order valence-corrected chi connectivity index (χ1v) is 11.5. The standard InChI is InChI=1S/C26H27FN4O4/c1-17-8-9-20(15-21(17)27)31(23(32)16-29-25(33)22-7-4-14-35-22)24(18-10-12-28-13-11-18)26(34)30-19-5-2-3-6-19/h4,7-15,19,24H,2-3,5-6,16H2,1H3,(H,29,33)(H,30,34)/t24-/m0/s1. The molecule has 0 unspecified atom stereocenters. The molecule has 1 aromatic carbocycles. The Balaban J connectivity index is 1.69. The Labute approximate surface area is 202 Å². The maximum atomic E-state index is 14.6. The number of hydrogen-bond donors (Lipinski definition) is 2. The highest BCUT2D eigenvalue weighted by atomic mass is 19.1. The van der Waals surface area contributed by atoms with E-state index in [0.717, 1.165) is 25.7 Å². The summed E-state index contributed by atoms with van der Waals surface area (Å²) in [4.78, 5) is 44.7. The number of rotatable bonds is 8. The molecule has 9 heteroatoms. The molecule has 182 valence electrons. The van der Waals surface area contributed by atoms with Crippen LogP contribution in [0.15, 0.2) is 65.5 Å². The molecule has 2 heterocycles. The number of aryl methyl sites for hydroxylation is 1. The van der Waals surface area contributed by atoms with E-state index in [2.05, 4.69) is 15.6 Å². The van der Waals surface area contributed by atoms with Crippen molar-refractivity contribution in [2.75, 3.05) is 11.4 Å². The summed E-state index contributed by atoms with van der Waals surface area (Å²) in [5.74, 6) is -2.00. The van der Waals surface area contributed by atoms with E-state index in [4.69, 9.17) is 4.42 Å². The van der Waals surface area contributed by atoms with E-state index in [-0.39, 0.29) is 23.4 Å². The third-order valence-electron chi connectivity index (χ3n) is 6.08. The minimum atomic E-state index is -1.09. The van der Waals surface area contributed by atoms with Gasteiger partial charge in [0, 0.05) is 24.1 Å². The van der Waals surface area contributed by atoms with Gasteiger partial charge in [0.2, 0.25) is 11.8 Å². The van der Waals surface area contributed by atoms with Crippen molar-refractivity contribution in [1.82, 2.24) is 15.6 Å². The van der Waals surface area contributed by atoms with Gasteiger partial charge in [0.15, 0.2) is 5.76 Å². The van der Waals surface area contributed by atoms with Crippen molar-refractivity contribution in [3.8, 4) is 0 Å². The lowest BCUT2D eigenvalue weighted by molar-refractivity contribution is -0.126. The Morgan fingerprint density at radius 3 is 2.54 bits per heavy atom. The van der Waals surface area contributed by atoms with E-state index in [9.17, 15) is 18.8 Å². The lowest BCUT2D eigenvalue weighted by atomic mass is 10.0. The van der Waals surface area contributed by atoms with Crippen molar-refractivity contribution in [2.45, 2.75) is 44.7 Å². The number of carbonyl (C=O) groups excluding carboxylic acids is 3. The molecule has 1 saturated carbocycles. The Morgan fingerprint density at radius 2 is 1.89 bits per heavy atom. The molecule has 0 aliphatic heterocycles. The van der Waals surface area contributed by atoms with Gasteiger partial charge in [-0.2, -0.15) is 0 Å². The normalized spacial score (nSPS) is 14.3. The molecule has 0 bridgehead atoms. The Kier molecular flexibility index (Phi) is 7.54. The number of nitrogens with zero attached hydrogens (tertiary/aromatic N) is 2. The molecular weight excluding hydrogens is 451 g/mol. The van der Waals surface area contributed by atoms with Crippen LogP contribution >= 0.6 is 0 Å². The quantitative estimate of drug-likeness (QED) is 0.514. The van der Waals surface area contributed by atoms with Crippen LogP contribution in [0.5, 0.6) is 0 Å². The molecule has 1 aliphatic rings. The van der Waals surface area contributed by atoms with Crippen molar-refractivity contribution in [3.63, 3.8) is 0 Å². The van der Waals surface area contributed by atoms with Crippen molar-refractivity contribution in [2.24, 2.45) is 0 Å². The van der Waals surface area contributed by atoms with Gasteiger partial charge in [-0.05, 0) is 67.3 Å². The second-order valence-electron chi connectivity index (χ2n) is 8.53. The van der Waals surface area contributed by atoms with Gasteiger partial charge >= 0.3 is 0 Å². The molecule has 0 spiro atoms. The lowest BCUT2D eigenvalue weighted by Crippen LogP contribution is -2.49. The molecule has 0 radical (unpaired) electrons. The van der Waals surface area contributed by atoms with Crippen molar-refractivity contribution >= 4 is 23.4 Å². The number of hydrogen-bond acceptors (Lipinski definition) is 5. The van der Waals surface area contributed by atoms with Gasteiger partial charge in [-0.25, -0.2) is 4.39 Å². The number of halogens is 1. The Morgan fingerprint density at radius 1 is 1.14 bits per heavy atom. The van der Waals surface area contributed by atoms with Gasteiger partial charge in [-0.1, -0.05) is 18.9 Å². The molecule has 0 saturated heterocycles. The largest absolute Gasteiger partial charge is 0.459 e. The summed E-state index contributed by atoms with van der Waals surface area (Å²) in [5.41, 5.74) is 1.12. The molecule has 3 aromatic rings. The zero-order valence-electron chi connectivity index (χ0n) is 19.4. The van der Waals surface area contributed by atoms with Crippen LogP contribution in [0.1, 0.15) is 53.4 Å². The summed E-state index contributed by atoms with van der Waals surface area (Å²) in [5, 5.41) is 5.56. The first kappa shape index (κ1) is 24.1. The SMILES string of the molecule is Cc1ccc(N(C(=O)CNC(=O)c2ccco2)[C@H](C(=O)NC2CCCC2)c2ccncc2)cc1F. The van der Waals surface area contributed by atoms with Crippen LogP contribution in [-0.2, 0) is 9.59 Å². The van der Waals surface area contributed by atoms with E-state index in [1.54, 1.807) is 37.3 Å². The molecule has 4 rings (SSSR count). The number of carbonyl (C=O) groups is 3. The average Bonchev–Trinajstić information content (AvgIpc) is 3.58. The van der Waals surface area contributed by atoms with Crippen molar-refractivity contribution < 1.29 is 23.2 Å². The number of aromatic nitrogens is 1. The minimum Gasteiger partial charge on any atom is -0.459 e. The molecule has 2 N–H and O–H groups in total. The molecular formula is C26H27FN4O4. The summed E-state index contributed by atoms with van der Waals surface area (Å²) in [6.45, 7) is 1.19. The molecule has 3 amide bonds. The van der Waals surface area contributed by atoms with Crippen LogP contribution in [-0.4, -0.2) is 35.3 Å². The molecule has 1 atom stereocenters. The third kappa shape index (κ3) is 5.74. The number of benzene rings is 1. The molecule has 35 heavy (non-hydrogen) atoms. The minimum absolute atomic E-state index is 0.0113. The average molecular weight is 479 g/mol. The first-order chi connectivity index (χ1) is 16.9. The Bertz CT molecular complexity index is 1180. The molecule has 2 aromatic heterocycles. The van der Waals surface area contributed by atoms with Crippen molar-refractivity contribution in [1.29, 1.82) is 0 Å². The molecule has 8 nitrogen and oxygen atoms in total. The molecule has 1 fully saturated rings. The topological polar surface area (TPSA) is 105 Å². The van der Waals surface area contributed by atoms with E-state index in [0.29, 0.717) is 11.1 Å². The van der Waals surface area contributed by atoms with E-state index in [1.807, 2.05) is 0 Å². The number of nitrogens with one attached hydrogen (secondary N) is 2. The summed E-state index contributed by atoms with van der Waals surface area (Å²) in [7, 11) is 0. The highest BCUT2D eigenvalue weighted by Gasteiger charge is 2.34. The zero-order chi connectivity index (χ0) is 24.8. The van der Waals surface area contributed by atoms with Gasteiger partial charge in [0.1, 0.15) is 11.9 Å². The maximum Gasteiger partial charge on any atom is 0.287 e. The van der Waals surface area contributed by atoms with Crippen LogP contribution < -0.4 is 15.5 Å². The van der Waals surface area contributed by atoms with Gasteiger partial charge in [0.25, 0.3) is 5.91 Å². The van der Waals surface area contributed by atoms with Gasteiger partial charge in [0.05, 0.1) is 12.8 Å². The van der Waals surface area contributed by atoms with Crippen LogP contribution in [0.2, 0.25) is 0 Å². The summed E-state index contributed by atoms with van der Waals surface area (Å²) < 4.78 is 19.6. The summed E-state index contributed by atoms with van der Waals surface area (Å²) in [6, 6.07) is 9.60. The van der Waals surface area contributed by atoms with Crippen LogP contribution in [0.4, 0.5) is 10.1 Å². The zero-order valence-corrected chi connectivity index (χ0v) is 19.4. The second kappa shape index (κ2) is 10.9. The maximum absolute atomic E-state index is 14.6. The predicted octanol–water partition coefficient (Wildman–Crippen LogP) is 3.69. The fourth-order valence-electron chi connectivity index (χ4n) is 4.22. The number of anilines is 1. The highest BCUT2D eigenvalue weighted by Crippen LogP contribution is 2.30. The number of amides is 3. The number of furan rings is 1. The highest BCUT2D eigenvalue weighted by molar-refractivity contribution is 6.04.